The largest absolute Gasteiger partial charge is 0.484 e. The first-order chi connectivity index (χ1) is 9.45. The Labute approximate surface area is 121 Å². The highest BCUT2D eigenvalue weighted by molar-refractivity contribution is 6.33. The molecule has 1 aromatic carbocycles. The molecule has 1 N–H and O–H groups in total. The van der Waals surface area contributed by atoms with Gasteiger partial charge in [0.2, 0.25) is 0 Å². The number of carboxylic acid groups (broad SMARTS) is 1. The second-order valence-electron chi connectivity index (χ2n) is 3.96. The van der Waals surface area contributed by atoms with Gasteiger partial charge in [-0.25, -0.2) is 4.79 Å². The number of aromatic carboxylic acids is 1. The molecule has 0 atom stereocenters. The first-order valence-electron chi connectivity index (χ1n) is 5.72. The van der Waals surface area contributed by atoms with Crippen molar-refractivity contribution in [3.05, 3.63) is 28.8 Å². The Hall–Kier alpha value is -2.26. The number of carbonyl (C=O) groups is 2. The lowest BCUT2D eigenvalue weighted by Gasteiger charge is -2.15. The van der Waals surface area contributed by atoms with Gasteiger partial charge >= 0.3 is 5.97 Å². The Morgan fingerprint density at radius 2 is 2.20 bits per heavy atom. The van der Waals surface area contributed by atoms with Crippen LogP contribution in [0.5, 0.6) is 5.75 Å². The Morgan fingerprint density at radius 1 is 1.50 bits per heavy atom. The number of hydrogen-bond donors (Lipinski definition) is 1. The van der Waals surface area contributed by atoms with E-state index < -0.39 is 5.97 Å². The number of nitriles is 1. The summed E-state index contributed by atoms with van der Waals surface area (Å²) >= 11 is 5.72. The van der Waals surface area contributed by atoms with Gasteiger partial charge in [0.1, 0.15) is 5.75 Å². The highest BCUT2D eigenvalue weighted by Crippen LogP contribution is 2.22. The maximum absolute atomic E-state index is 11.7. The lowest BCUT2D eigenvalue weighted by Crippen LogP contribution is -2.32. The second-order valence-corrected chi connectivity index (χ2v) is 4.37. The molecular weight excluding hydrogens is 284 g/mol. The van der Waals surface area contributed by atoms with Crippen molar-refractivity contribution in [2.75, 3.05) is 20.2 Å². The molecule has 106 valence electrons. The lowest BCUT2D eigenvalue weighted by atomic mass is 10.2. The predicted octanol–water partition coefficient (Wildman–Crippen LogP) is 1.79. The van der Waals surface area contributed by atoms with Crippen molar-refractivity contribution in [3.8, 4) is 11.8 Å². The van der Waals surface area contributed by atoms with E-state index in [1.54, 1.807) is 7.05 Å². The molecule has 0 aliphatic carbocycles. The van der Waals surface area contributed by atoms with Gasteiger partial charge in [-0.3, -0.25) is 4.79 Å². The maximum Gasteiger partial charge on any atom is 0.337 e. The molecule has 1 rings (SSSR count). The molecule has 0 aromatic heterocycles. The van der Waals surface area contributed by atoms with E-state index in [0.717, 1.165) is 0 Å². The molecule has 0 aliphatic rings. The molecule has 0 saturated heterocycles. The zero-order chi connectivity index (χ0) is 15.1. The molecule has 0 saturated carbocycles. The van der Waals surface area contributed by atoms with Crippen molar-refractivity contribution in [1.82, 2.24) is 4.90 Å². The van der Waals surface area contributed by atoms with Gasteiger partial charge in [-0.2, -0.15) is 5.26 Å². The summed E-state index contributed by atoms with van der Waals surface area (Å²) < 4.78 is 5.22. The summed E-state index contributed by atoms with van der Waals surface area (Å²) in [5.74, 6) is -1.22. The maximum atomic E-state index is 11.7. The number of ether oxygens (including phenoxy) is 1. The average Bonchev–Trinajstić information content (AvgIpc) is 2.43. The number of halogens is 1. The predicted molar refractivity (Wildman–Crippen MR) is 71.8 cm³/mol. The van der Waals surface area contributed by atoms with Gasteiger partial charge in [-0.05, 0) is 18.2 Å². The van der Waals surface area contributed by atoms with E-state index in [9.17, 15) is 9.59 Å². The Bertz CT molecular complexity index is 554. The first-order valence-corrected chi connectivity index (χ1v) is 6.10. The smallest absolute Gasteiger partial charge is 0.337 e. The highest BCUT2D eigenvalue weighted by Gasteiger charge is 2.12. The van der Waals surface area contributed by atoms with Gasteiger partial charge in [-0.15, -0.1) is 0 Å². The van der Waals surface area contributed by atoms with Crippen molar-refractivity contribution in [2.45, 2.75) is 6.42 Å². The van der Waals surface area contributed by atoms with Gasteiger partial charge in [-0.1, -0.05) is 11.6 Å². The van der Waals surface area contributed by atoms with Crippen LogP contribution in [0.15, 0.2) is 18.2 Å². The standard InChI is InChI=1S/C13H13ClN2O4/c1-16(6-2-5-15)12(17)8-20-9-3-4-11(14)10(7-9)13(18)19/h3-4,7H,2,6,8H2,1H3,(H,18,19). The Kier molecular flexibility index (Phi) is 5.81. The average molecular weight is 297 g/mol. The molecule has 0 heterocycles. The minimum Gasteiger partial charge on any atom is -0.484 e. The normalized spacial score (nSPS) is 9.65. The van der Waals surface area contributed by atoms with Gasteiger partial charge in [0.25, 0.3) is 5.91 Å². The number of hydrogen-bond acceptors (Lipinski definition) is 4. The van der Waals surface area contributed by atoms with Gasteiger partial charge < -0.3 is 14.7 Å². The Morgan fingerprint density at radius 3 is 2.80 bits per heavy atom. The van der Waals surface area contributed by atoms with Crippen LogP contribution in [0.25, 0.3) is 0 Å². The second kappa shape index (κ2) is 7.36. The van der Waals surface area contributed by atoms with Gasteiger partial charge in [0, 0.05) is 13.6 Å². The fourth-order valence-corrected chi connectivity index (χ4v) is 1.55. The van der Waals surface area contributed by atoms with Crippen LogP contribution in [-0.4, -0.2) is 42.1 Å². The lowest BCUT2D eigenvalue weighted by molar-refractivity contribution is -0.131. The molecule has 1 aromatic rings. The number of amides is 1. The molecule has 0 spiro atoms. The number of benzene rings is 1. The SMILES string of the molecule is CN(CCC#N)C(=O)COc1ccc(Cl)c(C(=O)O)c1. The summed E-state index contributed by atoms with van der Waals surface area (Å²) in [6.45, 7) is 0.0856. The summed E-state index contributed by atoms with van der Waals surface area (Å²) in [6.07, 6.45) is 0.242. The summed E-state index contributed by atoms with van der Waals surface area (Å²) in [5.41, 5.74) is -0.0885. The highest BCUT2D eigenvalue weighted by atomic mass is 35.5. The number of rotatable bonds is 6. The summed E-state index contributed by atoms with van der Waals surface area (Å²) in [5, 5.41) is 17.4. The third-order valence-electron chi connectivity index (χ3n) is 2.52. The quantitative estimate of drug-likeness (QED) is 0.864. The molecule has 1 amide bonds. The molecule has 0 bridgehead atoms. The zero-order valence-corrected chi connectivity index (χ0v) is 11.6. The van der Waals surface area contributed by atoms with Gasteiger partial charge in [0.05, 0.1) is 23.1 Å². The molecule has 6 nitrogen and oxygen atoms in total. The van der Waals surface area contributed by atoms with Crippen molar-refractivity contribution in [3.63, 3.8) is 0 Å². The molecule has 0 aliphatic heterocycles. The summed E-state index contributed by atoms with van der Waals surface area (Å²) in [7, 11) is 1.56. The monoisotopic (exact) mass is 296 g/mol. The number of nitrogens with zero attached hydrogens (tertiary/aromatic N) is 2. The minimum absolute atomic E-state index is 0.0885. The Balaban J connectivity index is 2.62. The molecule has 20 heavy (non-hydrogen) atoms. The van der Waals surface area contributed by atoms with Crippen LogP contribution in [0.2, 0.25) is 5.02 Å². The van der Waals surface area contributed by atoms with Crippen LogP contribution < -0.4 is 4.74 Å². The van der Waals surface area contributed by atoms with Crippen LogP contribution in [0, 0.1) is 11.3 Å². The van der Waals surface area contributed by atoms with Crippen molar-refractivity contribution >= 4 is 23.5 Å². The van der Waals surface area contributed by atoms with E-state index >= 15 is 0 Å². The zero-order valence-electron chi connectivity index (χ0n) is 10.8. The van der Waals surface area contributed by atoms with Crippen LogP contribution in [0.4, 0.5) is 0 Å². The van der Waals surface area contributed by atoms with Crippen LogP contribution >= 0.6 is 11.6 Å². The van der Waals surface area contributed by atoms with Crippen LogP contribution in [0.3, 0.4) is 0 Å². The van der Waals surface area contributed by atoms with Crippen molar-refractivity contribution in [2.24, 2.45) is 0 Å². The number of carboxylic acids is 1. The van der Waals surface area contributed by atoms with Crippen LogP contribution in [0.1, 0.15) is 16.8 Å². The summed E-state index contributed by atoms with van der Waals surface area (Å²) in [6, 6.07) is 6.07. The fraction of sp³-hybridized carbons (Fsp3) is 0.308. The van der Waals surface area contributed by atoms with Crippen molar-refractivity contribution < 1.29 is 19.4 Å². The molecule has 0 radical (unpaired) electrons. The van der Waals surface area contributed by atoms with E-state index in [2.05, 4.69) is 0 Å². The number of likely N-dealkylation sites (N-methyl/N-ethyl adjacent to an activating group) is 1. The number of carbonyl (C=O) groups excluding carboxylic acids is 1. The van der Waals surface area contributed by atoms with E-state index in [0.29, 0.717) is 6.54 Å². The van der Waals surface area contributed by atoms with Crippen molar-refractivity contribution in [1.29, 1.82) is 5.26 Å². The summed E-state index contributed by atoms with van der Waals surface area (Å²) in [4.78, 5) is 23.9. The van der Waals surface area contributed by atoms with Gasteiger partial charge in [0.15, 0.2) is 6.61 Å². The van der Waals surface area contributed by atoms with E-state index in [4.69, 9.17) is 26.7 Å². The van der Waals surface area contributed by atoms with E-state index in [-0.39, 0.29) is 35.3 Å². The third-order valence-corrected chi connectivity index (χ3v) is 2.84. The fourth-order valence-electron chi connectivity index (χ4n) is 1.36. The molecule has 0 fully saturated rings. The molecule has 7 heteroatoms. The third kappa shape index (κ3) is 4.44. The first kappa shape index (κ1) is 15.8. The topological polar surface area (TPSA) is 90.6 Å². The van der Waals surface area contributed by atoms with Crippen LogP contribution in [-0.2, 0) is 4.79 Å². The minimum atomic E-state index is -1.17. The van der Waals surface area contributed by atoms with E-state index in [1.807, 2.05) is 6.07 Å². The van der Waals surface area contributed by atoms with E-state index in [1.165, 1.54) is 23.1 Å². The molecular formula is C13H13ClN2O4. The molecule has 0 unspecified atom stereocenters.